The summed E-state index contributed by atoms with van der Waals surface area (Å²) < 4.78 is 0. The van der Waals surface area contributed by atoms with Gasteiger partial charge in [0.25, 0.3) is 0 Å². The van der Waals surface area contributed by atoms with E-state index < -0.39 is 0 Å². The number of aromatic nitrogens is 1. The highest BCUT2D eigenvalue weighted by molar-refractivity contribution is 5.86. The number of hydrogen-bond donors (Lipinski definition) is 0. The van der Waals surface area contributed by atoms with Crippen LogP contribution >= 0.6 is 0 Å². The lowest BCUT2D eigenvalue weighted by Crippen LogP contribution is -2.18. The molecule has 0 amide bonds. The van der Waals surface area contributed by atoms with Gasteiger partial charge >= 0.3 is 0 Å². The Morgan fingerprint density at radius 2 is 1.77 bits per heavy atom. The van der Waals surface area contributed by atoms with Gasteiger partial charge in [0.1, 0.15) is 0 Å². The standard InChI is InChI=1S/C21H21N/c1-14-18-9-5-3-7-16(18)11-12-19(14)21-15(2)22-13-17-8-4-6-10-20(17)21/h3-10,13-14,19H,11-12H2,1-2H3/t14-,19?/m1/s1. The largest absolute Gasteiger partial charge is 0.261 e. The molecule has 1 aliphatic carbocycles. The molecule has 1 nitrogen and oxygen atoms in total. The molecule has 22 heavy (non-hydrogen) atoms. The van der Waals surface area contributed by atoms with Crippen molar-refractivity contribution >= 4 is 10.8 Å². The van der Waals surface area contributed by atoms with Crippen LogP contribution in [0.15, 0.2) is 54.7 Å². The van der Waals surface area contributed by atoms with Gasteiger partial charge < -0.3 is 0 Å². The van der Waals surface area contributed by atoms with Crippen LogP contribution in [0.1, 0.15) is 47.6 Å². The molecule has 0 fully saturated rings. The smallest absolute Gasteiger partial charge is 0.0414 e. The van der Waals surface area contributed by atoms with Crippen molar-refractivity contribution < 1.29 is 0 Å². The molecule has 0 bridgehead atoms. The van der Waals surface area contributed by atoms with Crippen LogP contribution in [0, 0.1) is 6.92 Å². The van der Waals surface area contributed by atoms with Crippen LogP contribution in [0.4, 0.5) is 0 Å². The van der Waals surface area contributed by atoms with Crippen molar-refractivity contribution in [3.05, 3.63) is 77.1 Å². The van der Waals surface area contributed by atoms with E-state index in [-0.39, 0.29) is 0 Å². The number of fused-ring (bicyclic) bond motifs is 2. The molecule has 4 rings (SSSR count). The lowest BCUT2D eigenvalue weighted by Gasteiger charge is -2.33. The van der Waals surface area contributed by atoms with Gasteiger partial charge in [-0.1, -0.05) is 55.5 Å². The van der Waals surface area contributed by atoms with Gasteiger partial charge in [-0.3, -0.25) is 4.98 Å². The van der Waals surface area contributed by atoms with Gasteiger partial charge in [0.05, 0.1) is 0 Å². The second-order valence-corrected chi connectivity index (χ2v) is 6.48. The van der Waals surface area contributed by atoms with Gasteiger partial charge in [-0.05, 0) is 53.7 Å². The van der Waals surface area contributed by atoms with Crippen molar-refractivity contribution in [2.75, 3.05) is 0 Å². The fourth-order valence-corrected chi connectivity index (χ4v) is 4.13. The molecule has 1 unspecified atom stereocenters. The molecule has 2 aromatic carbocycles. The summed E-state index contributed by atoms with van der Waals surface area (Å²) in [5.74, 6) is 1.12. The maximum Gasteiger partial charge on any atom is 0.0414 e. The van der Waals surface area contributed by atoms with Crippen LogP contribution in [0.25, 0.3) is 10.8 Å². The molecule has 0 spiro atoms. The Morgan fingerprint density at radius 3 is 2.68 bits per heavy atom. The molecule has 3 aromatic rings. The monoisotopic (exact) mass is 287 g/mol. The molecule has 0 saturated heterocycles. The molecule has 0 radical (unpaired) electrons. The topological polar surface area (TPSA) is 12.9 Å². The highest BCUT2D eigenvalue weighted by Crippen LogP contribution is 2.44. The van der Waals surface area contributed by atoms with Crippen molar-refractivity contribution in [1.82, 2.24) is 4.98 Å². The first-order valence-electron chi connectivity index (χ1n) is 8.18. The molecule has 1 aliphatic rings. The molecule has 2 atom stereocenters. The van der Waals surface area contributed by atoms with E-state index in [1.54, 1.807) is 0 Å². The summed E-state index contributed by atoms with van der Waals surface area (Å²) in [5.41, 5.74) is 5.69. The third-order valence-corrected chi connectivity index (χ3v) is 5.28. The Kier molecular flexibility index (Phi) is 3.22. The zero-order valence-electron chi connectivity index (χ0n) is 13.2. The first-order valence-corrected chi connectivity index (χ1v) is 8.18. The van der Waals surface area contributed by atoms with Gasteiger partial charge in [-0.25, -0.2) is 0 Å². The number of aryl methyl sites for hydroxylation is 2. The van der Waals surface area contributed by atoms with E-state index >= 15 is 0 Å². The van der Waals surface area contributed by atoms with E-state index in [1.807, 2.05) is 6.20 Å². The average Bonchev–Trinajstić information content (AvgIpc) is 2.56. The van der Waals surface area contributed by atoms with Gasteiger partial charge in [-0.2, -0.15) is 0 Å². The fraction of sp³-hybridized carbons (Fsp3) is 0.286. The molecule has 0 N–H and O–H groups in total. The number of rotatable bonds is 1. The predicted molar refractivity (Wildman–Crippen MR) is 92.4 cm³/mol. The molecular formula is C21H21N. The maximum atomic E-state index is 4.67. The highest BCUT2D eigenvalue weighted by Gasteiger charge is 2.29. The molecule has 1 heterocycles. The van der Waals surface area contributed by atoms with Crippen LogP contribution in [0.5, 0.6) is 0 Å². The second-order valence-electron chi connectivity index (χ2n) is 6.48. The SMILES string of the molecule is Cc1ncc2ccccc2c1C1CCc2ccccc2[C@H]1C. The van der Waals surface area contributed by atoms with Gasteiger partial charge in [0.2, 0.25) is 0 Å². The van der Waals surface area contributed by atoms with Crippen LogP contribution in [0.3, 0.4) is 0 Å². The molecule has 1 aromatic heterocycles. The van der Waals surface area contributed by atoms with Crippen molar-refractivity contribution in [1.29, 1.82) is 0 Å². The third kappa shape index (κ3) is 2.04. The zero-order valence-corrected chi connectivity index (χ0v) is 13.2. The lowest BCUT2D eigenvalue weighted by molar-refractivity contribution is 0.501. The Hall–Kier alpha value is -2.15. The quantitative estimate of drug-likeness (QED) is 0.586. The van der Waals surface area contributed by atoms with Crippen LogP contribution < -0.4 is 0 Å². The van der Waals surface area contributed by atoms with Gasteiger partial charge in [0.15, 0.2) is 0 Å². The number of hydrogen-bond acceptors (Lipinski definition) is 1. The normalized spacial score (nSPS) is 20.8. The van der Waals surface area contributed by atoms with Crippen molar-refractivity contribution in [2.24, 2.45) is 0 Å². The van der Waals surface area contributed by atoms with Gasteiger partial charge in [0, 0.05) is 17.3 Å². The number of nitrogens with zero attached hydrogens (tertiary/aromatic N) is 1. The molecule has 0 saturated carbocycles. The average molecular weight is 287 g/mol. The van der Waals surface area contributed by atoms with E-state index in [9.17, 15) is 0 Å². The Labute approximate surface area is 132 Å². The molecule has 0 aliphatic heterocycles. The summed E-state index contributed by atoms with van der Waals surface area (Å²) in [6, 6.07) is 17.6. The predicted octanol–water partition coefficient (Wildman–Crippen LogP) is 5.38. The summed E-state index contributed by atoms with van der Waals surface area (Å²) in [7, 11) is 0. The van der Waals surface area contributed by atoms with Crippen molar-refractivity contribution in [3.63, 3.8) is 0 Å². The zero-order chi connectivity index (χ0) is 15.1. The van der Waals surface area contributed by atoms with Crippen LogP contribution in [-0.4, -0.2) is 4.98 Å². The first kappa shape index (κ1) is 13.5. The third-order valence-electron chi connectivity index (χ3n) is 5.28. The van der Waals surface area contributed by atoms with Crippen molar-refractivity contribution in [3.8, 4) is 0 Å². The highest BCUT2D eigenvalue weighted by atomic mass is 14.7. The Balaban J connectivity index is 1.88. The van der Waals surface area contributed by atoms with E-state index in [2.05, 4.69) is 67.4 Å². The summed E-state index contributed by atoms with van der Waals surface area (Å²) in [4.78, 5) is 4.67. The van der Waals surface area contributed by atoms with E-state index in [1.165, 1.54) is 46.0 Å². The van der Waals surface area contributed by atoms with E-state index in [0.717, 1.165) is 0 Å². The first-order chi connectivity index (χ1) is 10.8. The minimum Gasteiger partial charge on any atom is -0.261 e. The maximum absolute atomic E-state index is 4.67. The summed E-state index contributed by atoms with van der Waals surface area (Å²) >= 11 is 0. The molecule has 110 valence electrons. The van der Waals surface area contributed by atoms with E-state index in [4.69, 9.17) is 0 Å². The Morgan fingerprint density at radius 1 is 1.00 bits per heavy atom. The van der Waals surface area contributed by atoms with Crippen molar-refractivity contribution in [2.45, 2.75) is 38.5 Å². The van der Waals surface area contributed by atoms with E-state index in [0.29, 0.717) is 11.8 Å². The Bertz CT molecular complexity index is 834. The minimum absolute atomic E-state index is 0.552. The minimum atomic E-state index is 0.552. The summed E-state index contributed by atoms with van der Waals surface area (Å²) in [6.45, 7) is 4.54. The van der Waals surface area contributed by atoms with Gasteiger partial charge in [-0.15, -0.1) is 0 Å². The lowest BCUT2D eigenvalue weighted by atomic mass is 9.72. The van der Waals surface area contributed by atoms with Crippen LogP contribution in [-0.2, 0) is 6.42 Å². The number of pyridine rings is 1. The summed E-state index contributed by atoms with van der Waals surface area (Å²) in [5, 5.41) is 2.64. The van der Waals surface area contributed by atoms with Crippen LogP contribution in [0.2, 0.25) is 0 Å². The molecule has 1 heteroatoms. The fourth-order valence-electron chi connectivity index (χ4n) is 4.13. The number of benzene rings is 2. The summed E-state index contributed by atoms with van der Waals surface area (Å²) in [6.07, 6.45) is 4.40. The second kappa shape index (κ2) is 5.24. The molecular weight excluding hydrogens is 266 g/mol.